The largest absolute Gasteiger partial charge is 0.511 e. The molecule has 2 N–H and O–H groups in total. The van der Waals surface area contributed by atoms with Crippen molar-refractivity contribution in [1.29, 1.82) is 0 Å². The summed E-state index contributed by atoms with van der Waals surface area (Å²) < 4.78 is 4.42. The highest BCUT2D eigenvalue weighted by Crippen LogP contribution is 2.41. The van der Waals surface area contributed by atoms with Gasteiger partial charge in [0, 0.05) is 5.56 Å². The van der Waals surface area contributed by atoms with Gasteiger partial charge in [-0.15, -0.1) is 0 Å². The van der Waals surface area contributed by atoms with E-state index in [1.165, 1.54) is 6.07 Å². The zero-order chi connectivity index (χ0) is 15.3. The van der Waals surface area contributed by atoms with E-state index in [0.717, 1.165) is 6.42 Å². The molecular weight excluding hydrogens is 266 g/mol. The Balaban J connectivity index is 3.52. The third kappa shape index (κ3) is 3.37. The van der Waals surface area contributed by atoms with Gasteiger partial charge in [0.25, 0.3) is 0 Å². The minimum atomic E-state index is -1.62. The molecule has 7 heteroatoms. The fourth-order valence-corrected chi connectivity index (χ4v) is 2.12. The number of aryl methyl sites for hydroxylation is 1. The molecule has 0 saturated heterocycles. The predicted molar refractivity (Wildman–Crippen MR) is 71.4 cm³/mol. The van der Waals surface area contributed by atoms with E-state index in [9.17, 15) is 20.0 Å². The van der Waals surface area contributed by atoms with Crippen LogP contribution in [-0.4, -0.2) is 21.3 Å². The van der Waals surface area contributed by atoms with Crippen molar-refractivity contribution in [3.63, 3.8) is 0 Å². The molecule has 1 aromatic carbocycles. The number of hydrogen-bond donors (Lipinski definition) is 2. The van der Waals surface area contributed by atoms with Crippen LogP contribution in [0.2, 0.25) is 0 Å². The number of ether oxygens (including phenoxy) is 1. The smallest absolute Gasteiger partial charge is 0.499 e. The Morgan fingerprint density at radius 3 is 2.40 bits per heavy atom. The molecule has 0 spiro atoms. The fraction of sp³-hybridized carbons (Fsp3) is 0.462. The van der Waals surface area contributed by atoms with E-state index in [4.69, 9.17) is 5.11 Å². The van der Waals surface area contributed by atoms with Crippen LogP contribution in [0.25, 0.3) is 0 Å². The van der Waals surface area contributed by atoms with Crippen LogP contribution in [0, 0.1) is 10.1 Å². The number of phenols is 1. The van der Waals surface area contributed by atoms with Crippen LogP contribution in [-0.2, 0) is 12.8 Å². The molecule has 0 bridgehead atoms. The Morgan fingerprint density at radius 2 is 1.95 bits per heavy atom. The fourth-order valence-electron chi connectivity index (χ4n) is 2.12. The number of nitro groups is 1. The summed E-state index contributed by atoms with van der Waals surface area (Å²) in [5.74, 6) is -1.13. The lowest BCUT2D eigenvalue weighted by atomic mass is 9.96. The number of aromatic hydroxyl groups is 1. The van der Waals surface area contributed by atoms with E-state index in [0.29, 0.717) is 30.4 Å². The molecule has 0 atom stereocenters. The molecule has 1 aromatic rings. The van der Waals surface area contributed by atoms with Crippen molar-refractivity contribution in [3.05, 3.63) is 27.3 Å². The van der Waals surface area contributed by atoms with Crippen molar-refractivity contribution >= 4 is 11.8 Å². The minimum Gasteiger partial charge on any atom is -0.499 e. The minimum absolute atomic E-state index is 0.396. The van der Waals surface area contributed by atoms with E-state index in [1.54, 1.807) is 0 Å². The lowest BCUT2D eigenvalue weighted by Crippen LogP contribution is -2.07. The maximum Gasteiger partial charge on any atom is 0.511 e. The number of hydrogen-bond acceptors (Lipinski definition) is 5. The molecule has 0 aliphatic heterocycles. The van der Waals surface area contributed by atoms with E-state index in [-0.39, 0.29) is 0 Å². The molecule has 20 heavy (non-hydrogen) atoms. The van der Waals surface area contributed by atoms with Gasteiger partial charge in [-0.2, -0.15) is 0 Å². The zero-order valence-electron chi connectivity index (χ0n) is 11.4. The van der Waals surface area contributed by atoms with E-state index >= 15 is 0 Å². The normalized spacial score (nSPS) is 10.3. The van der Waals surface area contributed by atoms with Crippen molar-refractivity contribution in [2.24, 2.45) is 0 Å². The van der Waals surface area contributed by atoms with Crippen LogP contribution < -0.4 is 4.74 Å². The zero-order valence-corrected chi connectivity index (χ0v) is 11.4. The third-order valence-electron chi connectivity index (χ3n) is 2.84. The average molecular weight is 283 g/mol. The van der Waals surface area contributed by atoms with E-state index < -0.39 is 28.3 Å². The van der Waals surface area contributed by atoms with Crippen molar-refractivity contribution in [3.8, 4) is 11.5 Å². The van der Waals surface area contributed by atoms with E-state index in [2.05, 4.69) is 4.74 Å². The lowest BCUT2D eigenvalue weighted by molar-refractivity contribution is -0.386. The number of rotatable bonds is 6. The van der Waals surface area contributed by atoms with Gasteiger partial charge < -0.3 is 14.9 Å². The summed E-state index contributed by atoms with van der Waals surface area (Å²) >= 11 is 0. The number of carboxylic acid groups (broad SMARTS) is 1. The lowest BCUT2D eigenvalue weighted by Gasteiger charge is -2.13. The predicted octanol–water partition coefficient (Wildman–Crippen LogP) is 3.26. The van der Waals surface area contributed by atoms with Gasteiger partial charge in [-0.05, 0) is 24.5 Å². The number of carbonyl (C=O) groups is 1. The number of phenolic OH excluding ortho intramolecular Hbond substituents is 1. The van der Waals surface area contributed by atoms with Gasteiger partial charge in [0.05, 0.1) is 4.92 Å². The van der Waals surface area contributed by atoms with Crippen LogP contribution in [0.3, 0.4) is 0 Å². The second-order valence-electron chi connectivity index (χ2n) is 4.33. The van der Waals surface area contributed by atoms with Gasteiger partial charge in [-0.3, -0.25) is 10.1 Å². The van der Waals surface area contributed by atoms with Gasteiger partial charge in [0.15, 0.2) is 5.75 Å². The number of benzene rings is 1. The second-order valence-corrected chi connectivity index (χ2v) is 4.33. The van der Waals surface area contributed by atoms with Crippen molar-refractivity contribution in [2.45, 2.75) is 39.5 Å². The SMILES string of the molecule is CCCc1cc(OC(=O)O)c(O)c([N+](=O)[O-])c1CCC. The van der Waals surface area contributed by atoms with Crippen LogP contribution in [0.5, 0.6) is 11.5 Å². The van der Waals surface area contributed by atoms with Crippen molar-refractivity contribution in [2.75, 3.05) is 0 Å². The summed E-state index contributed by atoms with van der Waals surface area (Å²) in [6.45, 7) is 3.78. The van der Waals surface area contributed by atoms with Crippen LogP contribution in [0.15, 0.2) is 6.07 Å². The first-order chi connectivity index (χ1) is 9.42. The monoisotopic (exact) mass is 283 g/mol. The number of nitrogens with zero attached hydrogens (tertiary/aromatic N) is 1. The Labute approximate surface area is 116 Å². The summed E-state index contributed by atoms with van der Waals surface area (Å²) in [6, 6.07) is 1.37. The van der Waals surface area contributed by atoms with Gasteiger partial charge >= 0.3 is 11.8 Å². The molecule has 7 nitrogen and oxygen atoms in total. The molecular formula is C13H17NO6. The van der Waals surface area contributed by atoms with Crippen LogP contribution in [0.4, 0.5) is 10.5 Å². The Bertz CT molecular complexity index is 526. The first-order valence-electron chi connectivity index (χ1n) is 6.35. The van der Waals surface area contributed by atoms with Crippen LogP contribution >= 0.6 is 0 Å². The number of nitro benzene ring substituents is 1. The molecule has 0 amide bonds. The van der Waals surface area contributed by atoms with Crippen LogP contribution in [0.1, 0.15) is 37.8 Å². The summed E-state index contributed by atoms with van der Waals surface area (Å²) in [7, 11) is 0. The quantitative estimate of drug-likeness (QED) is 0.359. The molecule has 0 fully saturated rings. The van der Waals surface area contributed by atoms with Crippen molar-refractivity contribution in [1.82, 2.24) is 0 Å². The molecule has 110 valence electrons. The molecule has 0 saturated carbocycles. The van der Waals surface area contributed by atoms with Gasteiger partial charge in [0.1, 0.15) is 0 Å². The standard InChI is InChI=1S/C13H17NO6/c1-3-5-8-7-10(20-13(16)17)12(15)11(14(18)19)9(8)6-4-2/h7,15H,3-6H2,1-2H3,(H,16,17). The van der Waals surface area contributed by atoms with Gasteiger partial charge in [-0.1, -0.05) is 26.7 Å². The molecule has 1 rings (SSSR count). The van der Waals surface area contributed by atoms with E-state index in [1.807, 2.05) is 13.8 Å². The first-order valence-corrected chi connectivity index (χ1v) is 6.35. The molecule has 0 radical (unpaired) electrons. The molecule has 0 heterocycles. The Morgan fingerprint density at radius 1 is 1.35 bits per heavy atom. The highest BCUT2D eigenvalue weighted by Gasteiger charge is 2.27. The summed E-state index contributed by atoms with van der Waals surface area (Å²) in [4.78, 5) is 21.0. The summed E-state index contributed by atoms with van der Waals surface area (Å²) in [5.41, 5.74) is 0.610. The average Bonchev–Trinajstić information content (AvgIpc) is 2.34. The maximum absolute atomic E-state index is 11.2. The van der Waals surface area contributed by atoms with Crippen molar-refractivity contribution < 1.29 is 24.7 Å². The molecule has 0 aliphatic carbocycles. The highest BCUT2D eigenvalue weighted by atomic mass is 16.7. The molecule has 0 aromatic heterocycles. The van der Waals surface area contributed by atoms with Gasteiger partial charge in [0.2, 0.25) is 5.75 Å². The highest BCUT2D eigenvalue weighted by molar-refractivity contribution is 5.69. The summed E-state index contributed by atoms with van der Waals surface area (Å²) in [6.07, 6.45) is 0.778. The first kappa shape index (κ1) is 15.7. The topological polar surface area (TPSA) is 110 Å². The maximum atomic E-state index is 11.2. The third-order valence-corrected chi connectivity index (χ3v) is 2.84. The molecule has 0 unspecified atom stereocenters. The second kappa shape index (κ2) is 6.74. The molecule has 0 aliphatic rings. The Kier molecular flexibility index (Phi) is 5.31. The Hall–Kier alpha value is -2.31. The van der Waals surface area contributed by atoms with Gasteiger partial charge in [-0.25, -0.2) is 4.79 Å². The summed E-state index contributed by atoms with van der Waals surface area (Å²) in [5, 5.41) is 29.6.